The Bertz CT molecular complexity index is 1440. The molecule has 34 heavy (non-hydrogen) atoms. The fourth-order valence-corrected chi connectivity index (χ4v) is 4.44. The van der Waals surface area contributed by atoms with Crippen LogP contribution < -0.4 is 4.74 Å². The lowest BCUT2D eigenvalue weighted by molar-refractivity contribution is 0.390. The average Bonchev–Trinajstić information content (AvgIpc) is 3.52. The number of rotatable bonds is 7. The molecule has 0 aliphatic carbocycles. The molecule has 3 heterocycles. The van der Waals surface area contributed by atoms with E-state index < -0.39 is 0 Å². The third kappa shape index (κ3) is 4.27. The van der Waals surface area contributed by atoms with Gasteiger partial charge in [0.05, 0.1) is 24.1 Å². The van der Waals surface area contributed by atoms with E-state index in [9.17, 15) is 0 Å². The predicted octanol–water partition coefficient (Wildman–Crippen LogP) is 5.64. The number of aromatic nitrogens is 6. The molecule has 0 fully saturated rings. The Morgan fingerprint density at radius 2 is 1.85 bits per heavy atom. The molecule has 2 aromatic carbocycles. The van der Waals surface area contributed by atoms with Crippen LogP contribution >= 0.6 is 23.4 Å². The summed E-state index contributed by atoms with van der Waals surface area (Å²) < 4.78 is 12.9. The van der Waals surface area contributed by atoms with Crippen LogP contribution in [-0.4, -0.2) is 37.0 Å². The molecule has 0 bridgehead atoms. The van der Waals surface area contributed by atoms with E-state index in [-0.39, 0.29) is 0 Å². The van der Waals surface area contributed by atoms with Gasteiger partial charge in [-0.1, -0.05) is 46.7 Å². The van der Waals surface area contributed by atoms with Crippen molar-refractivity contribution < 1.29 is 9.26 Å². The zero-order valence-corrected chi connectivity index (χ0v) is 19.9. The number of pyridine rings is 1. The highest BCUT2D eigenvalue weighted by Crippen LogP contribution is 2.33. The SMILES string of the molecule is COc1ccccc1-c1noc(CSc2nnc(-c3ccncc3)n2-c2cccc(Cl)c2C)n1. The highest BCUT2D eigenvalue weighted by atomic mass is 35.5. The minimum atomic E-state index is 0.413. The molecule has 0 radical (unpaired) electrons. The molecule has 0 amide bonds. The number of methoxy groups -OCH3 is 1. The van der Waals surface area contributed by atoms with Gasteiger partial charge in [0, 0.05) is 23.0 Å². The van der Waals surface area contributed by atoms with E-state index in [1.54, 1.807) is 19.5 Å². The van der Waals surface area contributed by atoms with Gasteiger partial charge in [-0.3, -0.25) is 9.55 Å². The van der Waals surface area contributed by atoms with Crippen molar-refractivity contribution in [2.75, 3.05) is 7.11 Å². The number of hydrogen-bond donors (Lipinski definition) is 0. The summed E-state index contributed by atoms with van der Waals surface area (Å²) in [6, 6.07) is 17.1. The number of benzene rings is 2. The van der Waals surface area contributed by atoms with Crippen molar-refractivity contribution in [3.8, 4) is 34.2 Å². The quantitative estimate of drug-likeness (QED) is 0.270. The number of nitrogens with zero attached hydrogens (tertiary/aromatic N) is 6. The molecule has 10 heteroatoms. The van der Waals surface area contributed by atoms with Gasteiger partial charge in [-0.05, 0) is 48.9 Å². The Morgan fingerprint density at radius 1 is 1.03 bits per heavy atom. The second-order valence-corrected chi connectivity index (χ2v) is 8.61. The summed E-state index contributed by atoms with van der Waals surface area (Å²) in [5, 5.41) is 14.4. The van der Waals surface area contributed by atoms with E-state index in [1.807, 2.05) is 66.1 Å². The zero-order valence-electron chi connectivity index (χ0n) is 18.3. The fourth-order valence-electron chi connectivity index (χ4n) is 3.49. The molecular formula is C24H19ClN6O2S. The van der Waals surface area contributed by atoms with Gasteiger partial charge in [0.2, 0.25) is 11.7 Å². The Kier molecular flexibility index (Phi) is 6.29. The molecule has 170 valence electrons. The number of ether oxygens (including phenoxy) is 1. The summed E-state index contributed by atoms with van der Waals surface area (Å²) in [5.41, 5.74) is 3.48. The minimum Gasteiger partial charge on any atom is -0.496 e. The van der Waals surface area contributed by atoms with E-state index in [4.69, 9.17) is 20.9 Å². The van der Waals surface area contributed by atoms with Crippen molar-refractivity contribution in [2.24, 2.45) is 0 Å². The maximum atomic E-state index is 6.43. The van der Waals surface area contributed by atoms with Gasteiger partial charge in [-0.2, -0.15) is 4.98 Å². The highest BCUT2D eigenvalue weighted by Gasteiger charge is 2.20. The van der Waals surface area contributed by atoms with Crippen molar-refractivity contribution >= 4 is 23.4 Å². The molecule has 8 nitrogen and oxygen atoms in total. The van der Waals surface area contributed by atoms with Crippen molar-refractivity contribution in [1.29, 1.82) is 0 Å². The van der Waals surface area contributed by atoms with Gasteiger partial charge >= 0.3 is 0 Å². The zero-order chi connectivity index (χ0) is 23.5. The van der Waals surface area contributed by atoms with Crippen LogP contribution in [0.5, 0.6) is 5.75 Å². The summed E-state index contributed by atoms with van der Waals surface area (Å²) in [7, 11) is 1.61. The molecule has 5 aromatic rings. The maximum absolute atomic E-state index is 6.43. The third-order valence-corrected chi connectivity index (χ3v) is 6.52. The molecule has 0 spiro atoms. The molecule has 0 atom stereocenters. The second kappa shape index (κ2) is 9.66. The number of para-hydroxylation sites is 1. The molecule has 0 N–H and O–H groups in total. The van der Waals surface area contributed by atoms with E-state index in [0.717, 1.165) is 22.4 Å². The molecular weight excluding hydrogens is 472 g/mol. The second-order valence-electron chi connectivity index (χ2n) is 7.26. The summed E-state index contributed by atoms with van der Waals surface area (Å²) in [6.07, 6.45) is 3.45. The van der Waals surface area contributed by atoms with Gasteiger partial charge in [-0.15, -0.1) is 10.2 Å². The molecule has 0 aliphatic rings. The number of hydrogen-bond acceptors (Lipinski definition) is 8. The first-order chi connectivity index (χ1) is 16.7. The van der Waals surface area contributed by atoms with Gasteiger partial charge in [-0.25, -0.2) is 0 Å². The van der Waals surface area contributed by atoms with Crippen molar-refractivity contribution in [3.05, 3.63) is 83.5 Å². The Hall–Kier alpha value is -3.69. The highest BCUT2D eigenvalue weighted by molar-refractivity contribution is 7.98. The summed E-state index contributed by atoms with van der Waals surface area (Å²) in [6.45, 7) is 1.97. The normalized spacial score (nSPS) is 11.0. The lowest BCUT2D eigenvalue weighted by Gasteiger charge is -2.13. The summed E-state index contributed by atoms with van der Waals surface area (Å²) in [4.78, 5) is 8.64. The van der Waals surface area contributed by atoms with E-state index in [2.05, 4.69) is 25.3 Å². The number of halogens is 1. The van der Waals surface area contributed by atoms with Crippen molar-refractivity contribution in [1.82, 2.24) is 29.9 Å². The van der Waals surface area contributed by atoms with E-state index in [0.29, 0.717) is 39.2 Å². The third-order valence-electron chi connectivity index (χ3n) is 5.19. The van der Waals surface area contributed by atoms with Crippen LogP contribution in [0.25, 0.3) is 28.5 Å². The Balaban J connectivity index is 1.48. The minimum absolute atomic E-state index is 0.413. The van der Waals surface area contributed by atoms with E-state index in [1.165, 1.54) is 11.8 Å². The molecule has 0 saturated carbocycles. The van der Waals surface area contributed by atoms with Crippen LogP contribution in [0.3, 0.4) is 0 Å². The molecule has 0 unspecified atom stereocenters. The van der Waals surface area contributed by atoms with Crippen LogP contribution in [0, 0.1) is 6.92 Å². The lowest BCUT2D eigenvalue weighted by Crippen LogP contribution is -2.02. The molecule has 0 aliphatic heterocycles. The van der Waals surface area contributed by atoms with E-state index >= 15 is 0 Å². The molecule has 0 saturated heterocycles. The lowest BCUT2D eigenvalue weighted by atomic mass is 10.2. The van der Waals surface area contributed by atoms with Gasteiger partial charge in [0.25, 0.3) is 0 Å². The fraction of sp³-hybridized carbons (Fsp3) is 0.125. The van der Waals surface area contributed by atoms with Gasteiger partial charge in [0.15, 0.2) is 11.0 Å². The van der Waals surface area contributed by atoms with Crippen LogP contribution in [0.4, 0.5) is 0 Å². The number of thioether (sulfide) groups is 1. The Labute approximate surface area is 205 Å². The van der Waals surface area contributed by atoms with Gasteiger partial charge < -0.3 is 9.26 Å². The van der Waals surface area contributed by atoms with Crippen LogP contribution in [0.15, 0.2) is 76.7 Å². The molecule has 5 rings (SSSR count). The maximum Gasteiger partial charge on any atom is 0.237 e. The Morgan fingerprint density at radius 3 is 2.68 bits per heavy atom. The standard InChI is InChI=1S/C24H19ClN6O2S/c1-15-18(25)7-5-8-19(15)31-23(16-10-12-26-13-11-16)28-29-24(31)34-14-21-27-22(30-33-21)17-6-3-4-9-20(17)32-2/h3-13H,14H2,1-2H3. The monoisotopic (exact) mass is 490 g/mol. The first-order valence-electron chi connectivity index (χ1n) is 10.4. The van der Waals surface area contributed by atoms with Crippen LogP contribution in [0.1, 0.15) is 11.5 Å². The van der Waals surface area contributed by atoms with Crippen molar-refractivity contribution in [3.63, 3.8) is 0 Å². The first-order valence-corrected chi connectivity index (χ1v) is 11.7. The predicted molar refractivity (Wildman–Crippen MR) is 130 cm³/mol. The largest absolute Gasteiger partial charge is 0.496 e. The van der Waals surface area contributed by atoms with Crippen LogP contribution in [-0.2, 0) is 5.75 Å². The summed E-state index contributed by atoms with van der Waals surface area (Å²) >= 11 is 7.87. The topological polar surface area (TPSA) is 91.8 Å². The average molecular weight is 491 g/mol. The van der Waals surface area contributed by atoms with Crippen LogP contribution in [0.2, 0.25) is 5.02 Å². The smallest absolute Gasteiger partial charge is 0.237 e. The first kappa shape index (κ1) is 22.1. The molecule has 3 aromatic heterocycles. The summed E-state index contributed by atoms with van der Waals surface area (Å²) in [5.74, 6) is 2.72. The van der Waals surface area contributed by atoms with Crippen molar-refractivity contribution in [2.45, 2.75) is 17.8 Å². The van der Waals surface area contributed by atoms with Gasteiger partial charge in [0.1, 0.15) is 5.75 Å².